The summed E-state index contributed by atoms with van der Waals surface area (Å²) in [6.07, 6.45) is 12.1. The van der Waals surface area contributed by atoms with Gasteiger partial charge in [-0.3, -0.25) is 4.79 Å². The molecule has 30 atom stereocenters. The van der Waals surface area contributed by atoms with Crippen LogP contribution in [0.5, 0.6) is 5.75 Å². The molecule has 8 unspecified atom stereocenters. The minimum atomic E-state index is -2.29. The Morgan fingerprint density at radius 2 is 0.808 bits per heavy atom. The first kappa shape index (κ1) is 108. The van der Waals surface area contributed by atoms with Gasteiger partial charge in [0.05, 0.1) is 65.1 Å². The van der Waals surface area contributed by atoms with Crippen LogP contribution in [0.1, 0.15) is 343 Å². The Morgan fingerprint density at radius 1 is 0.462 bits per heavy atom. The van der Waals surface area contributed by atoms with Crippen LogP contribution in [0.4, 0.5) is 36.3 Å². The summed E-state index contributed by atoms with van der Waals surface area (Å²) in [5, 5.41) is 85.0. The fourth-order valence-electron chi connectivity index (χ4n) is 29.1. The Kier molecular flexibility index (Phi) is 31.2. The van der Waals surface area contributed by atoms with Crippen LogP contribution in [0, 0.1) is 136 Å². The number of aliphatic hydroxyl groups excluding tert-OH is 4. The number of ether oxygens (including phenoxy) is 7. The van der Waals surface area contributed by atoms with E-state index < -0.39 is 158 Å². The van der Waals surface area contributed by atoms with Crippen molar-refractivity contribution in [2.75, 3.05) is 4.93 Å². The molecule has 0 aromatic heterocycles. The molecular formula is C101H166F5IN3O20-. The zero-order valence-electron chi connectivity index (χ0n) is 85.1. The molecule has 0 bridgehead atoms. The van der Waals surface area contributed by atoms with Gasteiger partial charge in [0.15, 0.2) is 11.5 Å². The van der Waals surface area contributed by atoms with Crippen LogP contribution >= 0.6 is 0 Å². The first-order chi connectivity index (χ1) is 59.7. The number of alkyl carbamates (subject to hydrolysis) is 3. The van der Waals surface area contributed by atoms with Gasteiger partial charge in [0.25, 0.3) is 0 Å². The third-order valence-electron chi connectivity index (χ3n) is 35.8. The number of Topliss-reactive ketones (excluding diaryl/α,β-unsaturated/α-hetero) is 1. The molecule has 2 heterocycles. The van der Waals surface area contributed by atoms with Crippen LogP contribution in [0.15, 0.2) is 0 Å². The van der Waals surface area contributed by atoms with Crippen molar-refractivity contribution in [1.29, 1.82) is 0.594 Å². The van der Waals surface area contributed by atoms with Gasteiger partial charge < -0.3 is 84.9 Å². The maximum absolute atomic E-state index is 14.8. The van der Waals surface area contributed by atoms with Crippen molar-refractivity contribution in [2.45, 2.75) is 449 Å². The SMILES string of the molecule is CC(C)(O)[C@@H]1CC[C@](C)([C@H]2[C@@H](O)C[C@@]3(C)C4C[C@H](O)[C@H]5C(C)(C)[C@@H](O)CCC56CC46CC[C@]23C)O1.CCC(C)[C@H](NC(=O)OC(C)(C)C)C(=O)O[C@H]1CCC23CC24CC[C@]2(C)[C@@H]([C@@]5(C)CC[C@@H](C(C)(C)O)O5)[C@@H](O)C[C@@]2(C)C4C[C@H](OC(=O)C(NC(=O)OC(C)(C)C)[C@H](C)CC)[C@H]3C1(C)C.CC[C@H](C)[C@H](NC(=O)OC(C)(C)C)C(C)=O.Oc1c(F)c(F)c(F)c(F)c1F.[2H][I-]C. The molecule has 2 aliphatic heterocycles. The Bertz CT molecular complexity index is 4180. The van der Waals surface area contributed by atoms with E-state index in [2.05, 4.69) is 85.2 Å². The minimum absolute atomic E-state index is 0.0267. The van der Waals surface area contributed by atoms with Crippen molar-refractivity contribution in [3.8, 4) is 5.75 Å². The second-order valence-corrected chi connectivity index (χ2v) is 48.7. The molecule has 12 fully saturated rings. The Labute approximate surface area is 786 Å². The summed E-state index contributed by atoms with van der Waals surface area (Å²) in [7, 11) is 0. The van der Waals surface area contributed by atoms with E-state index in [9.17, 15) is 81.4 Å². The van der Waals surface area contributed by atoms with Crippen LogP contribution in [-0.2, 0) is 47.5 Å². The molecule has 10 aliphatic carbocycles. The van der Waals surface area contributed by atoms with Crippen molar-refractivity contribution in [2.24, 2.45) is 107 Å². The molecule has 2 saturated heterocycles. The fourth-order valence-corrected chi connectivity index (χ4v) is 29.1. The molecule has 130 heavy (non-hydrogen) atoms. The second kappa shape index (κ2) is 37.7. The summed E-state index contributed by atoms with van der Waals surface area (Å²) in [5.41, 5.74) is -6.68. The average molecular weight is 1970 g/mol. The normalized spacial score (nSPS) is 39.6. The Morgan fingerprint density at radius 3 is 1.17 bits per heavy atom. The van der Waals surface area contributed by atoms with E-state index in [4.69, 9.17) is 38.9 Å². The van der Waals surface area contributed by atoms with E-state index in [0.29, 0.717) is 38.0 Å². The van der Waals surface area contributed by atoms with Gasteiger partial charge in [-0.1, -0.05) is 116 Å². The first-order valence-electron chi connectivity index (χ1n) is 48.7. The number of phenols is 1. The second-order valence-electron chi connectivity index (χ2n) is 48.7. The number of alkyl halides is 1. The van der Waals surface area contributed by atoms with Gasteiger partial charge in [-0.05, 0) is 311 Å². The number of carbonyl (C=O) groups is 6. The number of esters is 2. The zero-order valence-corrected chi connectivity index (χ0v) is 86.3. The van der Waals surface area contributed by atoms with E-state index in [-0.39, 0.29) is 143 Å². The topological polar surface area (TPSA) is 345 Å². The van der Waals surface area contributed by atoms with E-state index in [1.54, 1.807) is 76.2 Å². The van der Waals surface area contributed by atoms with Crippen LogP contribution in [-0.4, -0.2) is 183 Å². The molecule has 0 radical (unpaired) electrons. The van der Waals surface area contributed by atoms with Crippen LogP contribution in [0.3, 0.4) is 0 Å². The van der Waals surface area contributed by atoms with Crippen molar-refractivity contribution in [1.82, 2.24) is 16.0 Å². The van der Waals surface area contributed by atoms with E-state index >= 15 is 0 Å². The van der Waals surface area contributed by atoms with Gasteiger partial charge in [-0.2, -0.15) is 8.78 Å². The summed E-state index contributed by atoms with van der Waals surface area (Å²) >= 11 is -0.160. The number of fused-ring (bicyclic) bond motifs is 4. The van der Waals surface area contributed by atoms with Gasteiger partial charge in [-0.15, -0.1) is 0 Å². The third-order valence-corrected chi connectivity index (χ3v) is 35.8. The molecule has 748 valence electrons. The summed E-state index contributed by atoms with van der Waals surface area (Å²) < 4.78 is 110. The quantitative estimate of drug-likeness (QED) is 0.0124. The van der Waals surface area contributed by atoms with Crippen molar-refractivity contribution in [3.05, 3.63) is 29.1 Å². The standard InChI is InChI=1S/C52H88N2O11.C30H50O5.C12H23NO3.C6HF5O.CH4I/c1-18-29(3)36(53-42(58)64-44(5,6)7)40(56)61-32-26-33-49(16)27-31(55)38(50(17)22-20-35(63-50)47(13,14)60)48(49,15)24-25-51(33)28-52(51)23-21-34(46(11,12)39(32)52)62-41(57)37(30(4)19-2)54-43(59)65-45(8,9)10;1-24(2)20(33)8-11-30-16-29(30)13-12-26(5)23(28(7)10-9-21(35-28)25(3,4)34)18(32)15-27(26,6)19(29)14-17(31)22(24)30;1-7-8(2)10(9(3)14)13-11(15)16-12(4,5)6;7-1-2(8)4(10)6(12)5(11)3(1)9;1-2/h29-39,55,60H,18-28H2,1-17H3,(H,53,58)(H,54,59);17-23,31-34H,8-16H2,1-7H3;8,10H,7H2,1-6H3,(H,13,15);12H;2H,1H3/q;;;;-1/t29-,30?,31+,32+,33?,34+,35+,36?,37+,38+,39+,48-,49+,50-,51?,52?;17-,18-,19?,20-,21-,22-,23-,26+,27-,28+,29?,30?;8-,10-;;/m100../s1/i;;;;2D. The van der Waals surface area contributed by atoms with Crippen LogP contribution < -0.4 is 38.3 Å². The number of benzene rings is 1. The zero-order chi connectivity index (χ0) is 99.6. The molecular weight excluding hydrogens is 1800 g/mol. The predicted molar refractivity (Wildman–Crippen MR) is 480 cm³/mol. The average Bonchev–Trinajstić information content (AvgIpc) is 1.46. The number of phenolic OH excluding ortho intramolecular Hbond substituents is 1. The molecule has 3 amide bonds. The van der Waals surface area contributed by atoms with Crippen molar-refractivity contribution >= 4 is 36.0 Å². The maximum atomic E-state index is 14.8. The summed E-state index contributed by atoms with van der Waals surface area (Å²) in [6, 6.07) is -2.34. The van der Waals surface area contributed by atoms with Gasteiger partial charge in [0, 0.05) is 23.2 Å². The van der Waals surface area contributed by atoms with Crippen molar-refractivity contribution < 1.29 is 142 Å². The van der Waals surface area contributed by atoms with Gasteiger partial charge in [0.1, 0.15) is 41.1 Å². The number of aliphatic hydroxyl groups is 6. The van der Waals surface area contributed by atoms with Crippen molar-refractivity contribution in [3.63, 3.8) is 0 Å². The molecule has 29 heteroatoms. The fraction of sp³-hybridized carbons (Fsp3) is 0.881. The summed E-state index contributed by atoms with van der Waals surface area (Å²) in [5.74, 6) is -14.0. The van der Waals surface area contributed by atoms with E-state index in [1.165, 1.54) is 13.3 Å². The monoisotopic (exact) mass is 1960 g/mol. The molecule has 10 saturated carbocycles. The number of halogens is 6. The van der Waals surface area contributed by atoms with E-state index in [0.717, 1.165) is 96.3 Å². The number of nitrogens with one attached hydrogen (secondary N) is 3. The molecule has 4 spiro atoms. The Hall–Kier alpha value is -4.50. The van der Waals surface area contributed by atoms with Crippen LogP contribution in [0.2, 0.25) is 0 Å². The summed E-state index contributed by atoms with van der Waals surface area (Å²) in [4.78, 5) is 80.3. The predicted octanol–water partition coefficient (Wildman–Crippen LogP) is 15.4. The number of hydrogen-bond acceptors (Lipinski definition) is 20. The van der Waals surface area contributed by atoms with Crippen LogP contribution in [0.25, 0.3) is 0 Å². The number of ketones is 1. The third kappa shape index (κ3) is 19.7. The number of carbonyl (C=O) groups excluding carboxylic acids is 6. The molecule has 12 aliphatic rings. The number of rotatable bonds is 18. The number of amides is 3. The Balaban J connectivity index is 0.000000240. The number of hydrogen-bond donors (Lipinski definition) is 10. The molecule has 13 rings (SSSR count). The molecule has 10 N–H and O–H groups in total. The first-order valence-corrected chi connectivity index (χ1v) is 50.4. The van der Waals surface area contributed by atoms with Gasteiger partial charge >= 0.3 is 58.1 Å². The van der Waals surface area contributed by atoms with Gasteiger partial charge in [0.2, 0.25) is 29.1 Å². The molecule has 23 nitrogen and oxygen atoms in total. The molecule has 1 aromatic rings. The van der Waals surface area contributed by atoms with Gasteiger partial charge in [-0.25, -0.2) is 37.1 Å². The number of aromatic hydroxyl groups is 1. The molecule has 1 aromatic carbocycles. The summed E-state index contributed by atoms with van der Waals surface area (Å²) in [6.45, 7) is 59.1. The van der Waals surface area contributed by atoms with E-state index in [1.807, 2.05) is 60.3 Å².